The molecule has 0 saturated heterocycles. The molecule has 0 saturated carbocycles. The number of furan rings is 1. The van der Waals surface area contributed by atoms with Crippen LogP contribution in [0.1, 0.15) is 23.6 Å². The summed E-state index contributed by atoms with van der Waals surface area (Å²) in [6.45, 7) is 1.56. The second-order valence-corrected chi connectivity index (χ2v) is 6.15. The van der Waals surface area contributed by atoms with E-state index in [4.69, 9.17) is 9.15 Å². The molecule has 0 aliphatic rings. The number of rotatable bonds is 6. The Morgan fingerprint density at radius 2 is 2.27 bits per heavy atom. The van der Waals surface area contributed by atoms with Gasteiger partial charge in [-0.25, -0.2) is 4.79 Å². The third-order valence-corrected chi connectivity index (χ3v) is 4.15. The van der Waals surface area contributed by atoms with Crippen LogP contribution in [-0.4, -0.2) is 18.5 Å². The summed E-state index contributed by atoms with van der Waals surface area (Å²) < 4.78 is 10.6. The average molecular weight is 384 g/mol. The first-order chi connectivity index (χ1) is 10.5. The molecule has 2 heterocycles. The van der Waals surface area contributed by atoms with E-state index in [9.17, 15) is 9.59 Å². The summed E-state index contributed by atoms with van der Waals surface area (Å²) in [5.74, 6) is -0.436. The Kier molecular flexibility index (Phi) is 5.97. The van der Waals surface area contributed by atoms with E-state index in [0.717, 1.165) is 4.88 Å². The number of carbonyl (C=O) groups excluding carboxylic acids is 2. The zero-order chi connectivity index (χ0) is 15.9. The molecule has 0 aromatic carbocycles. The van der Waals surface area contributed by atoms with E-state index in [1.165, 1.54) is 12.2 Å². The third kappa shape index (κ3) is 5.16. The summed E-state index contributed by atoms with van der Waals surface area (Å²) in [6, 6.07) is 7.15. The van der Waals surface area contributed by atoms with Crippen LogP contribution in [-0.2, 0) is 14.3 Å². The van der Waals surface area contributed by atoms with Crippen molar-refractivity contribution in [2.75, 3.05) is 6.61 Å². The highest BCUT2D eigenvalue weighted by Crippen LogP contribution is 2.18. The summed E-state index contributed by atoms with van der Waals surface area (Å²) in [5.41, 5.74) is 0. The molecule has 0 aliphatic heterocycles. The van der Waals surface area contributed by atoms with Crippen molar-refractivity contribution in [1.82, 2.24) is 5.32 Å². The number of nitrogens with one attached hydrogen (secondary N) is 1. The zero-order valence-electron chi connectivity index (χ0n) is 11.7. The molecule has 2 rings (SSSR count). The molecule has 1 amide bonds. The number of hydrogen-bond acceptors (Lipinski definition) is 5. The van der Waals surface area contributed by atoms with Gasteiger partial charge in [-0.1, -0.05) is 6.07 Å². The molecule has 5 nitrogen and oxygen atoms in total. The van der Waals surface area contributed by atoms with Crippen LogP contribution in [0.5, 0.6) is 0 Å². The van der Waals surface area contributed by atoms with E-state index in [1.54, 1.807) is 23.5 Å². The molecule has 116 valence electrons. The van der Waals surface area contributed by atoms with Crippen molar-refractivity contribution in [3.05, 3.63) is 51.0 Å². The predicted molar refractivity (Wildman–Crippen MR) is 87.3 cm³/mol. The van der Waals surface area contributed by atoms with Crippen molar-refractivity contribution >= 4 is 45.2 Å². The predicted octanol–water partition coefficient (Wildman–Crippen LogP) is 3.54. The van der Waals surface area contributed by atoms with E-state index < -0.39 is 5.97 Å². The Labute approximate surface area is 140 Å². The van der Waals surface area contributed by atoms with Crippen molar-refractivity contribution in [1.29, 1.82) is 0 Å². The molecule has 0 radical (unpaired) electrons. The first-order valence-electron chi connectivity index (χ1n) is 6.47. The molecule has 2 aromatic heterocycles. The Hall–Kier alpha value is -1.86. The monoisotopic (exact) mass is 383 g/mol. The van der Waals surface area contributed by atoms with Crippen LogP contribution in [0.2, 0.25) is 0 Å². The van der Waals surface area contributed by atoms with E-state index in [-0.39, 0.29) is 18.6 Å². The second kappa shape index (κ2) is 7.95. The first kappa shape index (κ1) is 16.5. The number of esters is 1. The van der Waals surface area contributed by atoms with Gasteiger partial charge in [-0.2, -0.15) is 0 Å². The lowest BCUT2D eigenvalue weighted by Crippen LogP contribution is -2.30. The summed E-state index contributed by atoms with van der Waals surface area (Å²) in [4.78, 5) is 24.2. The van der Waals surface area contributed by atoms with Crippen molar-refractivity contribution in [3.63, 3.8) is 0 Å². The number of halogens is 1. The Bertz CT molecular complexity index is 663. The molecule has 0 bridgehead atoms. The number of carbonyl (C=O) groups is 2. The van der Waals surface area contributed by atoms with Crippen LogP contribution < -0.4 is 5.32 Å². The van der Waals surface area contributed by atoms with Gasteiger partial charge in [0, 0.05) is 11.0 Å². The molecule has 1 atom stereocenters. The topological polar surface area (TPSA) is 68.5 Å². The lowest BCUT2D eigenvalue weighted by molar-refractivity contribution is -0.144. The fraction of sp³-hybridized carbons (Fsp3) is 0.200. The van der Waals surface area contributed by atoms with E-state index in [1.807, 2.05) is 24.4 Å². The minimum Gasteiger partial charge on any atom is -0.452 e. The van der Waals surface area contributed by atoms with Gasteiger partial charge in [-0.05, 0) is 52.5 Å². The van der Waals surface area contributed by atoms with Gasteiger partial charge < -0.3 is 14.5 Å². The van der Waals surface area contributed by atoms with Crippen molar-refractivity contribution < 1.29 is 18.7 Å². The quantitative estimate of drug-likeness (QED) is 0.611. The van der Waals surface area contributed by atoms with Gasteiger partial charge in [0.2, 0.25) is 0 Å². The maximum atomic E-state index is 11.7. The molecule has 2 aromatic rings. The van der Waals surface area contributed by atoms with Gasteiger partial charge in [0.05, 0.1) is 6.04 Å². The van der Waals surface area contributed by atoms with Crippen LogP contribution in [0, 0.1) is 0 Å². The summed E-state index contributed by atoms with van der Waals surface area (Å²) in [6.07, 6.45) is 2.68. The Balaban J connectivity index is 1.73. The maximum Gasteiger partial charge on any atom is 0.331 e. The number of thiophene rings is 1. The van der Waals surface area contributed by atoms with Crippen LogP contribution in [0.25, 0.3) is 6.08 Å². The Morgan fingerprint density at radius 1 is 1.45 bits per heavy atom. The molecule has 7 heteroatoms. The molecule has 1 N–H and O–H groups in total. The highest BCUT2D eigenvalue weighted by Gasteiger charge is 2.11. The first-order valence-corrected chi connectivity index (χ1v) is 8.15. The van der Waals surface area contributed by atoms with Gasteiger partial charge >= 0.3 is 5.97 Å². The molecular formula is C15H14BrNO4S. The van der Waals surface area contributed by atoms with Crippen molar-refractivity contribution in [2.45, 2.75) is 13.0 Å². The summed E-state index contributed by atoms with van der Waals surface area (Å²) >= 11 is 4.72. The number of hydrogen-bond donors (Lipinski definition) is 1. The second-order valence-electron chi connectivity index (χ2n) is 4.39. The van der Waals surface area contributed by atoms with Gasteiger partial charge in [0.25, 0.3) is 5.91 Å². The third-order valence-electron chi connectivity index (χ3n) is 2.67. The number of ether oxygens (including phenoxy) is 1. The van der Waals surface area contributed by atoms with E-state index in [0.29, 0.717) is 10.4 Å². The SMILES string of the molecule is C[C@@H](NC(=O)COC(=O)/C=C/c1ccc(Br)o1)c1cccs1. The van der Waals surface area contributed by atoms with E-state index >= 15 is 0 Å². The standard InChI is InChI=1S/C15H14BrNO4S/c1-10(12-3-2-8-22-12)17-14(18)9-20-15(19)7-5-11-4-6-13(16)21-11/h2-8,10H,9H2,1H3,(H,17,18)/b7-5+/t10-/m1/s1. The summed E-state index contributed by atoms with van der Waals surface area (Å²) in [7, 11) is 0. The molecule has 0 aliphatic carbocycles. The van der Waals surface area contributed by atoms with Gasteiger partial charge in [-0.3, -0.25) is 4.79 Å². The smallest absolute Gasteiger partial charge is 0.331 e. The van der Waals surface area contributed by atoms with Gasteiger partial charge in [-0.15, -0.1) is 11.3 Å². The van der Waals surface area contributed by atoms with Crippen molar-refractivity contribution in [3.8, 4) is 0 Å². The molecule has 0 fully saturated rings. The van der Waals surface area contributed by atoms with Crippen LogP contribution in [0.3, 0.4) is 0 Å². The fourth-order valence-electron chi connectivity index (χ4n) is 1.64. The van der Waals surface area contributed by atoms with Gasteiger partial charge in [0.15, 0.2) is 11.3 Å². The minimum atomic E-state index is -0.605. The Morgan fingerprint density at radius 3 is 2.91 bits per heavy atom. The van der Waals surface area contributed by atoms with Crippen LogP contribution in [0.4, 0.5) is 0 Å². The number of amides is 1. The van der Waals surface area contributed by atoms with Gasteiger partial charge in [0.1, 0.15) is 5.76 Å². The lowest BCUT2D eigenvalue weighted by atomic mass is 10.3. The molecular weight excluding hydrogens is 370 g/mol. The van der Waals surface area contributed by atoms with Crippen molar-refractivity contribution in [2.24, 2.45) is 0 Å². The highest BCUT2D eigenvalue weighted by molar-refractivity contribution is 9.10. The normalized spacial score (nSPS) is 12.3. The maximum absolute atomic E-state index is 11.7. The average Bonchev–Trinajstić information content (AvgIpc) is 3.14. The molecule has 22 heavy (non-hydrogen) atoms. The summed E-state index contributed by atoms with van der Waals surface area (Å²) in [5, 5.41) is 4.70. The van der Waals surface area contributed by atoms with E-state index in [2.05, 4.69) is 21.2 Å². The highest BCUT2D eigenvalue weighted by atomic mass is 79.9. The van der Waals surface area contributed by atoms with Crippen LogP contribution >= 0.6 is 27.3 Å². The van der Waals surface area contributed by atoms with Crippen LogP contribution in [0.15, 0.2) is 44.8 Å². The lowest BCUT2D eigenvalue weighted by Gasteiger charge is -2.11. The molecule has 0 unspecified atom stereocenters. The molecule has 0 spiro atoms. The minimum absolute atomic E-state index is 0.109. The zero-order valence-corrected chi connectivity index (χ0v) is 14.1. The largest absolute Gasteiger partial charge is 0.452 e. The fourth-order valence-corrected chi connectivity index (χ4v) is 2.70.